The summed E-state index contributed by atoms with van der Waals surface area (Å²) < 4.78 is 5.42. The van der Waals surface area contributed by atoms with Crippen molar-refractivity contribution in [2.24, 2.45) is 0 Å². The van der Waals surface area contributed by atoms with E-state index in [-0.39, 0.29) is 5.97 Å². The van der Waals surface area contributed by atoms with Gasteiger partial charge in [0.2, 0.25) is 0 Å². The first-order chi connectivity index (χ1) is 12.1. The molecular weight excluding hydrogens is 312 g/mol. The number of unbranched alkanes of at least 4 members (excludes halogenated alkanes) is 2. The normalized spacial score (nSPS) is 11.1. The van der Waals surface area contributed by atoms with Crippen LogP contribution in [-0.2, 0) is 4.74 Å². The first kappa shape index (κ1) is 21.5. The van der Waals surface area contributed by atoms with Crippen molar-refractivity contribution in [2.45, 2.75) is 65.8 Å². The van der Waals surface area contributed by atoms with Crippen molar-refractivity contribution in [1.29, 1.82) is 0 Å². The van der Waals surface area contributed by atoms with Gasteiger partial charge >= 0.3 is 5.97 Å². The highest BCUT2D eigenvalue weighted by Gasteiger charge is 2.08. The largest absolute Gasteiger partial charge is 0.462 e. The average molecular weight is 349 g/mol. The Bertz CT molecular complexity index is 463. The van der Waals surface area contributed by atoms with Crippen molar-refractivity contribution >= 4 is 11.7 Å². The van der Waals surface area contributed by atoms with Crippen LogP contribution in [-0.4, -0.2) is 43.2 Å². The van der Waals surface area contributed by atoms with Crippen LogP contribution in [0, 0.1) is 0 Å². The highest BCUT2D eigenvalue weighted by molar-refractivity contribution is 5.89. The molecule has 4 nitrogen and oxygen atoms in total. The molecule has 1 aromatic carbocycles. The molecule has 142 valence electrons. The zero-order valence-electron chi connectivity index (χ0n) is 16.5. The van der Waals surface area contributed by atoms with Crippen molar-refractivity contribution in [3.05, 3.63) is 29.8 Å². The van der Waals surface area contributed by atoms with Crippen LogP contribution in [0.5, 0.6) is 0 Å². The molecular formula is C21H36N2O2. The second-order valence-corrected chi connectivity index (χ2v) is 6.91. The summed E-state index contributed by atoms with van der Waals surface area (Å²) in [6.07, 6.45) is 5.81. The van der Waals surface area contributed by atoms with Gasteiger partial charge < -0.3 is 15.0 Å². The molecule has 0 aliphatic carbocycles. The number of benzene rings is 1. The van der Waals surface area contributed by atoms with E-state index in [2.05, 4.69) is 37.9 Å². The molecule has 0 heterocycles. The summed E-state index contributed by atoms with van der Waals surface area (Å²) in [5.74, 6) is -0.232. The summed E-state index contributed by atoms with van der Waals surface area (Å²) in [5, 5.41) is 3.31. The van der Waals surface area contributed by atoms with E-state index in [9.17, 15) is 4.79 Å². The molecule has 0 atom stereocenters. The fourth-order valence-corrected chi connectivity index (χ4v) is 2.67. The highest BCUT2D eigenvalue weighted by atomic mass is 16.5. The second-order valence-electron chi connectivity index (χ2n) is 6.91. The van der Waals surface area contributed by atoms with Gasteiger partial charge in [-0.05, 0) is 70.5 Å². The Kier molecular flexibility index (Phi) is 11.0. The van der Waals surface area contributed by atoms with Crippen molar-refractivity contribution < 1.29 is 9.53 Å². The molecule has 0 radical (unpaired) electrons. The molecule has 0 aliphatic rings. The molecule has 0 bridgehead atoms. The summed E-state index contributed by atoms with van der Waals surface area (Å²) in [6.45, 7) is 12.4. The Labute approximate surface area is 153 Å². The first-order valence-corrected chi connectivity index (χ1v) is 9.82. The summed E-state index contributed by atoms with van der Waals surface area (Å²) in [6, 6.07) is 7.87. The van der Waals surface area contributed by atoms with Gasteiger partial charge in [-0.15, -0.1) is 0 Å². The van der Waals surface area contributed by atoms with E-state index in [1.807, 2.05) is 24.3 Å². The molecule has 0 spiro atoms. The van der Waals surface area contributed by atoms with Gasteiger partial charge in [0.25, 0.3) is 0 Å². The minimum absolute atomic E-state index is 0.232. The summed E-state index contributed by atoms with van der Waals surface area (Å²) in [5.41, 5.74) is 1.64. The molecule has 1 aromatic rings. The fraction of sp³-hybridized carbons (Fsp3) is 0.667. The molecule has 0 amide bonds. The zero-order chi connectivity index (χ0) is 18.5. The number of ether oxygens (including phenoxy) is 1. The second kappa shape index (κ2) is 12.8. The first-order valence-electron chi connectivity index (χ1n) is 9.82. The van der Waals surface area contributed by atoms with Gasteiger partial charge in [0.15, 0.2) is 0 Å². The van der Waals surface area contributed by atoms with Crippen molar-refractivity contribution in [3.8, 4) is 0 Å². The lowest BCUT2D eigenvalue weighted by molar-refractivity contribution is 0.0487. The van der Waals surface area contributed by atoms with Crippen LogP contribution in [0.1, 0.15) is 70.2 Å². The molecule has 0 aromatic heterocycles. The summed E-state index contributed by atoms with van der Waals surface area (Å²) >= 11 is 0. The van der Waals surface area contributed by atoms with E-state index in [0.29, 0.717) is 18.2 Å². The number of carbonyl (C=O) groups is 1. The fourth-order valence-electron chi connectivity index (χ4n) is 2.67. The number of esters is 1. The van der Waals surface area contributed by atoms with Crippen LogP contribution in [0.2, 0.25) is 0 Å². The maximum absolute atomic E-state index is 12.1. The van der Waals surface area contributed by atoms with Gasteiger partial charge in [0.1, 0.15) is 0 Å². The number of hydrogen-bond acceptors (Lipinski definition) is 4. The molecule has 0 saturated heterocycles. The molecule has 0 unspecified atom stereocenters. The van der Waals surface area contributed by atoms with E-state index < -0.39 is 0 Å². The molecule has 0 aliphatic heterocycles. The average Bonchev–Trinajstić information content (AvgIpc) is 2.60. The third-order valence-corrected chi connectivity index (χ3v) is 4.08. The lowest BCUT2D eigenvalue weighted by atomic mass is 10.2. The van der Waals surface area contributed by atoms with Crippen LogP contribution in [0.4, 0.5) is 5.69 Å². The molecule has 0 fully saturated rings. The molecule has 1 N–H and O–H groups in total. The van der Waals surface area contributed by atoms with E-state index in [1.54, 1.807) is 0 Å². The Morgan fingerprint density at radius 3 is 2.08 bits per heavy atom. The highest BCUT2D eigenvalue weighted by Crippen LogP contribution is 2.12. The number of carbonyl (C=O) groups excluding carboxylic acids is 1. The van der Waals surface area contributed by atoms with Crippen LogP contribution >= 0.6 is 0 Å². The summed E-state index contributed by atoms with van der Waals surface area (Å²) in [7, 11) is 0. The van der Waals surface area contributed by atoms with Crippen LogP contribution in [0.25, 0.3) is 0 Å². The predicted molar refractivity (Wildman–Crippen MR) is 106 cm³/mol. The van der Waals surface area contributed by atoms with Gasteiger partial charge in [0, 0.05) is 18.3 Å². The smallest absolute Gasteiger partial charge is 0.338 e. The van der Waals surface area contributed by atoms with Gasteiger partial charge in [-0.2, -0.15) is 0 Å². The van der Waals surface area contributed by atoms with Gasteiger partial charge in [-0.3, -0.25) is 0 Å². The third-order valence-electron chi connectivity index (χ3n) is 4.08. The van der Waals surface area contributed by atoms with Crippen molar-refractivity contribution in [3.63, 3.8) is 0 Å². The Morgan fingerprint density at radius 1 is 1.00 bits per heavy atom. The van der Waals surface area contributed by atoms with Crippen LogP contribution < -0.4 is 5.32 Å². The monoisotopic (exact) mass is 348 g/mol. The molecule has 0 saturated carbocycles. The van der Waals surface area contributed by atoms with E-state index in [1.165, 1.54) is 25.7 Å². The number of nitrogens with zero attached hydrogens (tertiary/aromatic N) is 1. The summed E-state index contributed by atoms with van der Waals surface area (Å²) in [4.78, 5) is 14.6. The van der Waals surface area contributed by atoms with E-state index in [0.717, 1.165) is 31.7 Å². The number of anilines is 1. The maximum atomic E-state index is 12.1. The number of hydrogen-bond donors (Lipinski definition) is 1. The van der Waals surface area contributed by atoms with E-state index in [4.69, 9.17) is 4.74 Å². The van der Waals surface area contributed by atoms with Crippen LogP contribution in [0.15, 0.2) is 24.3 Å². The molecule has 1 rings (SSSR count). The standard InChI is InChI=1S/C21H36N2O2/c1-5-7-14-23(15-8-6-2)16-9-17-25-21(24)19-10-12-20(13-11-19)22-18(3)4/h10-13,18,22H,5-9,14-17H2,1-4H3. The van der Waals surface area contributed by atoms with Crippen LogP contribution in [0.3, 0.4) is 0 Å². The molecule has 4 heteroatoms. The lowest BCUT2D eigenvalue weighted by Crippen LogP contribution is -2.28. The predicted octanol–water partition coefficient (Wildman–Crippen LogP) is 4.96. The van der Waals surface area contributed by atoms with Crippen molar-refractivity contribution in [2.75, 3.05) is 31.6 Å². The SMILES string of the molecule is CCCCN(CCCC)CCCOC(=O)c1ccc(NC(C)C)cc1. The maximum Gasteiger partial charge on any atom is 0.338 e. The minimum atomic E-state index is -0.232. The molecule has 25 heavy (non-hydrogen) atoms. The van der Waals surface area contributed by atoms with Gasteiger partial charge in [-0.25, -0.2) is 4.79 Å². The number of rotatable bonds is 13. The third kappa shape index (κ3) is 9.49. The lowest BCUT2D eigenvalue weighted by Gasteiger charge is -2.21. The Hall–Kier alpha value is -1.55. The van der Waals surface area contributed by atoms with E-state index >= 15 is 0 Å². The Morgan fingerprint density at radius 2 is 1.56 bits per heavy atom. The van der Waals surface area contributed by atoms with Crippen molar-refractivity contribution in [1.82, 2.24) is 4.90 Å². The topological polar surface area (TPSA) is 41.6 Å². The quantitative estimate of drug-likeness (QED) is 0.404. The van der Waals surface area contributed by atoms with Gasteiger partial charge in [-0.1, -0.05) is 26.7 Å². The Balaban J connectivity index is 2.32. The zero-order valence-corrected chi connectivity index (χ0v) is 16.5. The minimum Gasteiger partial charge on any atom is -0.462 e. The number of nitrogens with one attached hydrogen (secondary N) is 1. The van der Waals surface area contributed by atoms with Gasteiger partial charge in [0.05, 0.1) is 12.2 Å².